The Hall–Kier alpha value is -0.450. The first-order valence-corrected chi connectivity index (χ1v) is 6.73. The number of amides is 1. The summed E-state index contributed by atoms with van der Waals surface area (Å²) in [5.74, 6) is 0.299. The number of rotatable bonds is 4. The molecule has 0 aromatic heterocycles. The third-order valence-electron chi connectivity index (χ3n) is 3.53. The minimum atomic E-state index is -4.29. The van der Waals surface area contributed by atoms with Crippen LogP contribution in [0.5, 0.6) is 0 Å². The maximum Gasteiger partial charge on any atom is 0.389 e. The second-order valence-corrected chi connectivity index (χ2v) is 5.53. The molecule has 0 aromatic carbocycles. The average molecular weight is 286 g/mol. The Bertz CT molecular complexity index is 286. The van der Waals surface area contributed by atoms with Gasteiger partial charge in [0.15, 0.2) is 0 Å². The molecule has 0 bridgehead atoms. The van der Waals surface area contributed by atoms with Gasteiger partial charge in [0.05, 0.1) is 12.0 Å². The smallest absolute Gasteiger partial charge is 0.349 e. The van der Waals surface area contributed by atoms with Crippen molar-refractivity contribution >= 4 is 17.5 Å². The summed E-state index contributed by atoms with van der Waals surface area (Å²) in [6, 6.07) is 0. The molecular weight excluding hydrogens is 267 g/mol. The summed E-state index contributed by atoms with van der Waals surface area (Å²) in [4.78, 5) is 11.5. The number of carbonyl (C=O) groups excluding carboxylic acids is 1. The third kappa shape index (κ3) is 5.04. The molecule has 1 N–H and O–H groups in total. The molecule has 1 rings (SSSR count). The zero-order chi connectivity index (χ0) is 13.8. The van der Waals surface area contributed by atoms with Crippen LogP contribution in [0.25, 0.3) is 0 Å². The number of alkyl halides is 4. The fourth-order valence-electron chi connectivity index (χ4n) is 2.22. The number of hydrogen-bond donors (Lipinski definition) is 1. The molecule has 0 aromatic rings. The second-order valence-electron chi connectivity index (χ2n) is 5.26. The summed E-state index contributed by atoms with van der Waals surface area (Å²) < 4.78 is 36.1. The van der Waals surface area contributed by atoms with Crippen molar-refractivity contribution in [3.63, 3.8) is 0 Å². The molecule has 0 spiro atoms. The summed E-state index contributed by atoms with van der Waals surface area (Å²) >= 11 is 5.88. The van der Waals surface area contributed by atoms with E-state index in [1.165, 1.54) is 0 Å². The fraction of sp³-hybridized carbons (Fsp3) is 0.917. The van der Waals surface area contributed by atoms with Crippen LogP contribution >= 0.6 is 11.6 Å². The molecule has 106 valence electrons. The van der Waals surface area contributed by atoms with E-state index in [4.69, 9.17) is 11.6 Å². The summed E-state index contributed by atoms with van der Waals surface area (Å²) in [5, 5.41) is 2.70. The van der Waals surface area contributed by atoms with Gasteiger partial charge in [-0.2, -0.15) is 13.2 Å². The van der Waals surface area contributed by atoms with Crippen LogP contribution in [0.1, 0.15) is 45.4 Å². The van der Waals surface area contributed by atoms with E-state index < -0.39 is 30.5 Å². The van der Waals surface area contributed by atoms with Crippen LogP contribution in [0, 0.1) is 5.92 Å². The zero-order valence-electron chi connectivity index (χ0n) is 10.4. The van der Waals surface area contributed by atoms with E-state index in [1.54, 1.807) is 0 Å². The maximum absolute atomic E-state index is 12.0. The van der Waals surface area contributed by atoms with E-state index in [0.717, 1.165) is 25.7 Å². The molecule has 0 saturated heterocycles. The number of carbonyl (C=O) groups is 1. The van der Waals surface area contributed by atoms with Gasteiger partial charge in [0, 0.05) is 12.3 Å². The molecule has 1 amide bonds. The first-order valence-electron chi connectivity index (χ1n) is 6.20. The van der Waals surface area contributed by atoms with Crippen molar-refractivity contribution < 1.29 is 18.0 Å². The zero-order valence-corrected chi connectivity index (χ0v) is 11.2. The topological polar surface area (TPSA) is 29.1 Å². The molecule has 0 heterocycles. The summed E-state index contributed by atoms with van der Waals surface area (Å²) in [7, 11) is 0. The molecule has 0 unspecified atom stereocenters. The largest absolute Gasteiger partial charge is 0.389 e. The van der Waals surface area contributed by atoms with Crippen molar-refractivity contribution in [2.24, 2.45) is 5.92 Å². The molecule has 0 radical (unpaired) electrons. The van der Waals surface area contributed by atoms with Gasteiger partial charge >= 0.3 is 6.18 Å². The van der Waals surface area contributed by atoms with Gasteiger partial charge in [-0.25, -0.2) is 0 Å². The first-order chi connectivity index (χ1) is 8.26. The minimum Gasteiger partial charge on any atom is -0.349 e. The van der Waals surface area contributed by atoms with Crippen LogP contribution in [0.15, 0.2) is 0 Å². The lowest BCUT2D eigenvalue weighted by Gasteiger charge is -2.38. The molecule has 18 heavy (non-hydrogen) atoms. The molecule has 1 aliphatic carbocycles. The van der Waals surface area contributed by atoms with Crippen molar-refractivity contribution in [2.75, 3.05) is 5.88 Å². The standard InChI is InChI=1S/C12H19ClF3NO/c1-9-2-5-11(8-13,6-3-9)17-10(18)4-7-12(14,15)16/h9H,2-8H2,1H3,(H,17,18). The van der Waals surface area contributed by atoms with Crippen LogP contribution in [-0.2, 0) is 4.79 Å². The van der Waals surface area contributed by atoms with Crippen LogP contribution in [0.2, 0.25) is 0 Å². The minimum absolute atomic E-state index is 0.261. The van der Waals surface area contributed by atoms with Crippen molar-refractivity contribution in [1.82, 2.24) is 5.32 Å². The van der Waals surface area contributed by atoms with Crippen LogP contribution in [0.4, 0.5) is 13.2 Å². The van der Waals surface area contributed by atoms with Crippen molar-refractivity contribution in [3.8, 4) is 0 Å². The molecule has 0 atom stereocenters. The predicted octanol–water partition coefficient (Wildman–Crippen LogP) is 3.63. The van der Waals surface area contributed by atoms with E-state index in [2.05, 4.69) is 12.2 Å². The van der Waals surface area contributed by atoms with Gasteiger partial charge in [0.25, 0.3) is 0 Å². The Morgan fingerprint density at radius 3 is 2.39 bits per heavy atom. The highest BCUT2D eigenvalue weighted by molar-refractivity contribution is 6.18. The maximum atomic E-state index is 12.0. The highest BCUT2D eigenvalue weighted by atomic mass is 35.5. The summed E-state index contributed by atoms with van der Waals surface area (Å²) in [5.41, 5.74) is -0.503. The number of halogens is 4. The lowest BCUT2D eigenvalue weighted by atomic mass is 9.78. The van der Waals surface area contributed by atoms with Crippen LogP contribution in [-0.4, -0.2) is 23.5 Å². The quantitative estimate of drug-likeness (QED) is 0.785. The Morgan fingerprint density at radius 2 is 1.94 bits per heavy atom. The third-order valence-corrected chi connectivity index (χ3v) is 4.04. The molecule has 0 aliphatic heterocycles. The second kappa shape index (κ2) is 6.13. The van der Waals surface area contributed by atoms with E-state index in [0.29, 0.717) is 5.92 Å². The van der Waals surface area contributed by atoms with Crippen molar-refractivity contribution in [3.05, 3.63) is 0 Å². The van der Waals surface area contributed by atoms with Gasteiger partial charge in [-0.15, -0.1) is 11.6 Å². The fourth-order valence-corrected chi connectivity index (χ4v) is 2.55. The summed E-state index contributed by atoms with van der Waals surface area (Å²) in [6.45, 7) is 2.13. The number of hydrogen-bond acceptors (Lipinski definition) is 1. The Labute approximate surface area is 110 Å². The molecule has 1 saturated carbocycles. The van der Waals surface area contributed by atoms with Gasteiger partial charge in [-0.3, -0.25) is 4.79 Å². The van der Waals surface area contributed by atoms with Gasteiger partial charge in [-0.05, 0) is 31.6 Å². The number of nitrogens with one attached hydrogen (secondary N) is 1. The highest BCUT2D eigenvalue weighted by Crippen LogP contribution is 2.33. The molecule has 6 heteroatoms. The predicted molar refractivity (Wildman–Crippen MR) is 64.5 cm³/mol. The van der Waals surface area contributed by atoms with Crippen LogP contribution < -0.4 is 5.32 Å². The van der Waals surface area contributed by atoms with Gasteiger partial charge < -0.3 is 5.32 Å². The lowest BCUT2D eigenvalue weighted by molar-refractivity contribution is -0.145. The monoisotopic (exact) mass is 285 g/mol. The van der Waals surface area contributed by atoms with E-state index in [9.17, 15) is 18.0 Å². The molecular formula is C12H19ClF3NO. The lowest BCUT2D eigenvalue weighted by Crippen LogP contribution is -2.52. The van der Waals surface area contributed by atoms with Crippen molar-refractivity contribution in [1.29, 1.82) is 0 Å². The normalized spacial score (nSPS) is 29.1. The molecule has 2 nitrogen and oxygen atoms in total. The first kappa shape index (κ1) is 15.6. The molecule has 1 aliphatic rings. The van der Waals surface area contributed by atoms with Crippen LogP contribution in [0.3, 0.4) is 0 Å². The van der Waals surface area contributed by atoms with Gasteiger partial charge in [-0.1, -0.05) is 6.92 Å². The van der Waals surface area contributed by atoms with E-state index >= 15 is 0 Å². The van der Waals surface area contributed by atoms with Crippen molar-refractivity contribution in [2.45, 2.75) is 57.2 Å². The van der Waals surface area contributed by atoms with E-state index in [-0.39, 0.29) is 5.88 Å². The van der Waals surface area contributed by atoms with E-state index in [1.807, 2.05) is 0 Å². The summed E-state index contributed by atoms with van der Waals surface area (Å²) in [6.07, 6.45) is -2.48. The van der Waals surface area contributed by atoms with Gasteiger partial charge in [0.2, 0.25) is 5.91 Å². The molecule has 1 fully saturated rings. The Kier molecular flexibility index (Phi) is 5.32. The Balaban J connectivity index is 2.45. The SMILES string of the molecule is CC1CCC(CCl)(NC(=O)CCC(F)(F)F)CC1. The Morgan fingerprint density at radius 1 is 1.39 bits per heavy atom. The highest BCUT2D eigenvalue weighted by Gasteiger charge is 2.35. The average Bonchev–Trinajstić information content (AvgIpc) is 2.29. The van der Waals surface area contributed by atoms with Gasteiger partial charge in [0.1, 0.15) is 0 Å².